The number of fused-ring (bicyclic) bond motifs is 1. The SMILES string of the molecule is N#Cc1ccc2c(c1)C(CC1(O)CCCC(=O)C1)N=C2. The number of aliphatic imine (C=N–C) groups is 1. The smallest absolute Gasteiger partial charge is 0.135 e. The van der Waals surface area contributed by atoms with Gasteiger partial charge in [0.25, 0.3) is 0 Å². The highest BCUT2D eigenvalue weighted by Gasteiger charge is 2.37. The first-order valence-electron chi connectivity index (χ1n) is 6.91. The molecule has 0 spiro atoms. The van der Waals surface area contributed by atoms with E-state index in [9.17, 15) is 9.90 Å². The van der Waals surface area contributed by atoms with Crippen LogP contribution in [0.15, 0.2) is 23.2 Å². The van der Waals surface area contributed by atoms with Gasteiger partial charge in [-0.1, -0.05) is 6.07 Å². The predicted molar refractivity (Wildman–Crippen MR) is 74.5 cm³/mol. The average molecular weight is 268 g/mol. The number of hydrogen-bond donors (Lipinski definition) is 1. The second-order valence-corrected chi connectivity index (χ2v) is 5.75. The summed E-state index contributed by atoms with van der Waals surface area (Å²) >= 11 is 0. The number of nitrogens with zero attached hydrogens (tertiary/aromatic N) is 2. The summed E-state index contributed by atoms with van der Waals surface area (Å²) in [6.07, 6.45) is 4.44. The van der Waals surface area contributed by atoms with Gasteiger partial charge < -0.3 is 5.11 Å². The summed E-state index contributed by atoms with van der Waals surface area (Å²) in [7, 11) is 0. The molecule has 1 aromatic carbocycles. The zero-order valence-corrected chi connectivity index (χ0v) is 11.2. The van der Waals surface area contributed by atoms with E-state index >= 15 is 0 Å². The number of carbonyl (C=O) groups is 1. The summed E-state index contributed by atoms with van der Waals surface area (Å²) in [5.41, 5.74) is 1.64. The van der Waals surface area contributed by atoms with Crippen LogP contribution in [0.25, 0.3) is 0 Å². The van der Waals surface area contributed by atoms with Crippen molar-refractivity contribution in [2.24, 2.45) is 4.99 Å². The number of carbonyl (C=O) groups excluding carboxylic acids is 1. The quantitative estimate of drug-likeness (QED) is 0.894. The molecule has 1 fully saturated rings. The summed E-state index contributed by atoms with van der Waals surface area (Å²) < 4.78 is 0. The molecule has 1 aromatic rings. The normalized spacial score (nSPS) is 28.2. The fraction of sp³-hybridized carbons (Fsp3) is 0.438. The molecule has 0 saturated heterocycles. The summed E-state index contributed by atoms with van der Waals surface area (Å²) in [6, 6.07) is 7.47. The Hall–Kier alpha value is -1.99. The minimum absolute atomic E-state index is 0.131. The minimum Gasteiger partial charge on any atom is -0.389 e. The van der Waals surface area contributed by atoms with Gasteiger partial charge in [0.05, 0.1) is 23.3 Å². The number of aliphatic hydroxyl groups is 1. The van der Waals surface area contributed by atoms with Gasteiger partial charge in [-0.3, -0.25) is 9.79 Å². The maximum atomic E-state index is 11.6. The lowest BCUT2D eigenvalue weighted by atomic mass is 9.78. The lowest BCUT2D eigenvalue weighted by molar-refractivity contribution is -0.128. The Bertz CT molecular complexity index is 630. The molecule has 1 N–H and O–H groups in total. The van der Waals surface area contributed by atoms with Crippen LogP contribution >= 0.6 is 0 Å². The van der Waals surface area contributed by atoms with Gasteiger partial charge in [0, 0.05) is 25.5 Å². The van der Waals surface area contributed by atoms with Gasteiger partial charge >= 0.3 is 0 Å². The molecule has 3 rings (SSSR count). The molecule has 2 unspecified atom stereocenters. The zero-order valence-electron chi connectivity index (χ0n) is 11.2. The second kappa shape index (κ2) is 4.84. The van der Waals surface area contributed by atoms with Crippen LogP contribution in [0.2, 0.25) is 0 Å². The molecule has 20 heavy (non-hydrogen) atoms. The number of nitriles is 1. The molecule has 1 heterocycles. The Morgan fingerprint density at radius 1 is 1.50 bits per heavy atom. The third-order valence-corrected chi connectivity index (χ3v) is 4.17. The van der Waals surface area contributed by atoms with Crippen molar-refractivity contribution in [2.75, 3.05) is 0 Å². The number of ketones is 1. The molecular weight excluding hydrogens is 252 g/mol. The Balaban J connectivity index is 1.83. The summed E-state index contributed by atoms with van der Waals surface area (Å²) in [5.74, 6) is 0.131. The van der Waals surface area contributed by atoms with Crippen molar-refractivity contribution in [2.45, 2.75) is 43.7 Å². The first-order valence-corrected chi connectivity index (χ1v) is 6.91. The number of Topliss-reactive ketones (excluding diaryl/α,β-unsaturated/α-hetero) is 1. The van der Waals surface area contributed by atoms with Gasteiger partial charge in [0.1, 0.15) is 5.78 Å². The van der Waals surface area contributed by atoms with Crippen molar-refractivity contribution in [3.63, 3.8) is 0 Å². The van der Waals surface area contributed by atoms with Crippen molar-refractivity contribution in [1.82, 2.24) is 0 Å². The molecule has 2 aliphatic rings. The topological polar surface area (TPSA) is 73.4 Å². The Kier molecular flexibility index (Phi) is 3.15. The van der Waals surface area contributed by atoms with Crippen LogP contribution in [0.5, 0.6) is 0 Å². The molecule has 102 valence electrons. The van der Waals surface area contributed by atoms with Gasteiger partial charge in [0.2, 0.25) is 0 Å². The highest BCUT2D eigenvalue weighted by molar-refractivity contribution is 5.85. The molecule has 4 heteroatoms. The van der Waals surface area contributed by atoms with Gasteiger partial charge in [-0.05, 0) is 36.1 Å². The Morgan fingerprint density at radius 2 is 2.35 bits per heavy atom. The van der Waals surface area contributed by atoms with Crippen LogP contribution in [0.3, 0.4) is 0 Å². The van der Waals surface area contributed by atoms with Crippen LogP contribution < -0.4 is 0 Å². The van der Waals surface area contributed by atoms with E-state index in [2.05, 4.69) is 11.1 Å². The minimum atomic E-state index is -0.943. The van der Waals surface area contributed by atoms with E-state index in [1.165, 1.54) is 0 Å². The van der Waals surface area contributed by atoms with Crippen LogP contribution in [-0.2, 0) is 4.79 Å². The molecule has 1 saturated carbocycles. The van der Waals surface area contributed by atoms with Crippen molar-refractivity contribution in [3.8, 4) is 6.07 Å². The van der Waals surface area contributed by atoms with E-state index in [0.717, 1.165) is 17.5 Å². The van der Waals surface area contributed by atoms with Gasteiger partial charge in [-0.25, -0.2) is 0 Å². The monoisotopic (exact) mass is 268 g/mol. The third kappa shape index (κ3) is 2.37. The molecule has 2 atom stereocenters. The van der Waals surface area contributed by atoms with E-state index in [1.807, 2.05) is 12.1 Å². The molecular formula is C16H16N2O2. The third-order valence-electron chi connectivity index (χ3n) is 4.17. The lowest BCUT2D eigenvalue weighted by Gasteiger charge is -2.32. The molecule has 4 nitrogen and oxygen atoms in total. The Morgan fingerprint density at radius 3 is 3.10 bits per heavy atom. The Labute approximate surface area is 117 Å². The van der Waals surface area contributed by atoms with Crippen LogP contribution in [0.4, 0.5) is 0 Å². The fourth-order valence-electron chi connectivity index (χ4n) is 3.16. The van der Waals surface area contributed by atoms with E-state index < -0.39 is 5.60 Å². The number of hydrogen-bond acceptors (Lipinski definition) is 4. The van der Waals surface area contributed by atoms with Crippen LogP contribution in [0.1, 0.15) is 54.8 Å². The average Bonchev–Trinajstić information content (AvgIpc) is 2.80. The van der Waals surface area contributed by atoms with Crippen molar-refractivity contribution >= 4 is 12.0 Å². The van der Waals surface area contributed by atoms with Gasteiger partial charge in [-0.2, -0.15) is 5.26 Å². The van der Waals surface area contributed by atoms with Crippen LogP contribution in [-0.4, -0.2) is 22.7 Å². The fourth-order valence-corrected chi connectivity index (χ4v) is 3.16. The second-order valence-electron chi connectivity index (χ2n) is 5.75. The molecule has 1 aliphatic carbocycles. The van der Waals surface area contributed by atoms with E-state index in [-0.39, 0.29) is 18.2 Å². The summed E-state index contributed by atoms with van der Waals surface area (Å²) in [5, 5.41) is 19.6. The highest BCUT2D eigenvalue weighted by atomic mass is 16.3. The first kappa shape index (κ1) is 13.0. The van der Waals surface area contributed by atoms with Crippen molar-refractivity contribution in [3.05, 3.63) is 34.9 Å². The summed E-state index contributed by atoms with van der Waals surface area (Å²) in [6.45, 7) is 0. The van der Waals surface area contributed by atoms with Crippen LogP contribution in [0, 0.1) is 11.3 Å². The standard InChI is InChI=1S/C16H16N2O2/c17-9-11-3-4-12-10-18-15(14(12)6-11)8-16(20)5-1-2-13(19)7-16/h3-4,6,10,15,20H,1-2,5,7-8H2. The van der Waals surface area contributed by atoms with E-state index in [0.29, 0.717) is 24.8 Å². The molecule has 0 radical (unpaired) electrons. The maximum Gasteiger partial charge on any atom is 0.135 e. The number of rotatable bonds is 2. The molecule has 0 amide bonds. The van der Waals surface area contributed by atoms with E-state index in [4.69, 9.17) is 5.26 Å². The molecule has 0 aromatic heterocycles. The zero-order chi connectivity index (χ0) is 14.2. The largest absolute Gasteiger partial charge is 0.389 e. The predicted octanol–water partition coefficient (Wildman–Crippen LogP) is 2.30. The van der Waals surface area contributed by atoms with E-state index in [1.54, 1.807) is 12.3 Å². The molecule has 1 aliphatic heterocycles. The highest BCUT2D eigenvalue weighted by Crippen LogP contribution is 2.39. The lowest BCUT2D eigenvalue weighted by Crippen LogP contribution is -2.36. The van der Waals surface area contributed by atoms with Gasteiger partial charge in [0.15, 0.2) is 0 Å². The van der Waals surface area contributed by atoms with Crippen molar-refractivity contribution < 1.29 is 9.90 Å². The van der Waals surface area contributed by atoms with Gasteiger partial charge in [-0.15, -0.1) is 0 Å². The number of benzene rings is 1. The maximum absolute atomic E-state index is 11.6. The molecule has 0 bridgehead atoms. The first-order chi connectivity index (χ1) is 9.59. The summed E-state index contributed by atoms with van der Waals surface area (Å²) in [4.78, 5) is 16.0. The van der Waals surface area contributed by atoms with Crippen molar-refractivity contribution in [1.29, 1.82) is 5.26 Å².